The van der Waals surface area contributed by atoms with Crippen LogP contribution in [0.3, 0.4) is 0 Å². The number of benzene rings is 2. The first-order chi connectivity index (χ1) is 15.9. The van der Waals surface area contributed by atoms with Gasteiger partial charge in [0.25, 0.3) is 11.2 Å². The first-order valence-electron chi connectivity index (χ1n) is 10.8. The number of hydrogen-bond acceptors (Lipinski definition) is 6. The van der Waals surface area contributed by atoms with E-state index in [4.69, 9.17) is 9.72 Å². The number of rotatable bonds is 5. The summed E-state index contributed by atoms with van der Waals surface area (Å²) in [6.07, 6.45) is 1.87. The van der Waals surface area contributed by atoms with E-state index >= 15 is 0 Å². The van der Waals surface area contributed by atoms with E-state index in [0.717, 1.165) is 12.8 Å². The summed E-state index contributed by atoms with van der Waals surface area (Å²) in [7, 11) is 1.53. The molecule has 1 aromatic heterocycles. The molecule has 2 heterocycles. The molecule has 1 unspecified atom stereocenters. The van der Waals surface area contributed by atoms with E-state index in [9.17, 15) is 24.8 Å². The van der Waals surface area contributed by atoms with Gasteiger partial charge in [-0.15, -0.1) is 0 Å². The van der Waals surface area contributed by atoms with Crippen LogP contribution in [0.15, 0.2) is 41.2 Å². The van der Waals surface area contributed by atoms with E-state index in [-0.39, 0.29) is 17.0 Å². The molecule has 0 spiro atoms. The van der Waals surface area contributed by atoms with Gasteiger partial charge in [-0.2, -0.15) is 0 Å². The first kappa shape index (κ1) is 20.9. The summed E-state index contributed by atoms with van der Waals surface area (Å²) in [5.74, 6) is 1.04. The number of aromatic nitrogens is 2. The molecule has 10 nitrogen and oxygen atoms in total. The van der Waals surface area contributed by atoms with Crippen molar-refractivity contribution in [2.75, 3.05) is 13.7 Å². The van der Waals surface area contributed by atoms with Crippen LogP contribution in [-0.2, 0) is 0 Å². The fourth-order valence-electron chi connectivity index (χ4n) is 4.60. The van der Waals surface area contributed by atoms with Gasteiger partial charge in [-0.25, -0.2) is 9.78 Å². The van der Waals surface area contributed by atoms with Crippen molar-refractivity contribution >= 4 is 22.7 Å². The number of methoxy groups -OCH3 is 1. The predicted molar refractivity (Wildman–Crippen MR) is 119 cm³/mol. The molecule has 1 atom stereocenters. The lowest BCUT2D eigenvalue weighted by Crippen LogP contribution is -2.34. The molecule has 1 aliphatic heterocycles. The molecule has 1 N–H and O–H groups in total. The van der Waals surface area contributed by atoms with Crippen molar-refractivity contribution < 1.29 is 19.6 Å². The van der Waals surface area contributed by atoms with E-state index in [1.807, 2.05) is 0 Å². The Hall–Kier alpha value is -3.95. The SMILES string of the molecule is COc1ccc(-n2c(C3CCCN3C(=O)O)nc3c(C4CC4)cc([N+](=O)[O-])cc3c2=O)cc1. The monoisotopic (exact) mass is 450 g/mol. The molecule has 5 rings (SSSR count). The Labute approximate surface area is 188 Å². The standard InChI is InChI=1S/C23H22N4O6/c1-33-16-8-6-14(7-9-16)26-21(19-3-2-10-25(19)23(29)30)24-20-17(13-4-5-13)11-15(27(31)32)12-18(20)22(26)28/h6-9,11-13,19H,2-5,10H2,1H3,(H,29,30). The molecule has 170 valence electrons. The lowest BCUT2D eigenvalue weighted by Gasteiger charge is -2.25. The Morgan fingerprint density at radius 1 is 1.21 bits per heavy atom. The first-order valence-corrected chi connectivity index (χ1v) is 10.8. The van der Waals surface area contributed by atoms with Crippen molar-refractivity contribution in [3.63, 3.8) is 0 Å². The summed E-state index contributed by atoms with van der Waals surface area (Å²) in [5.41, 5.74) is 0.986. The Bertz CT molecular complexity index is 1330. The van der Waals surface area contributed by atoms with Crippen molar-refractivity contribution in [1.82, 2.24) is 14.5 Å². The van der Waals surface area contributed by atoms with E-state index < -0.39 is 22.6 Å². The highest BCUT2D eigenvalue weighted by Crippen LogP contribution is 2.44. The summed E-state index contributed by atoms with van der Waals surface area (Å²) in [6.45, 7) is 0.353. The summed E-state index contributed by atoms with van der Waals surface area (Å²) in [4.78, 5) is 42.9. The molecule has 2 aliphatic rings. The minimum Gasteiger partial charge on any atom is -0.497 e. The predicted octanol–water partition coefficient (Wildman–Crippen LogP) is 3.99. The number of nitrogens with zero attached hydrogens (tertiary/aromatic N) is 4. The number of nitro groups is 1. The van der Waals surface area contributed by atoms with Gasteiger partial charge in [-0.1, -0.05) is 0 Å². The largest absolute Gasteiger partial charge is 0.497 e. The van der Waals surface area contributed by atoms with Gasteiger partial charge in [0.05, 0.1) is 34.7 Å². The fourth-order valence-corrected chi connectivity index (χ4v) is 4.60. The molecule has 1 amide bonds. The maximum Gasteiger partial charge on any atom is 0.407 e. The van der Waals surface area contributed by atoms with E-state index in [2.05, 4.69) is 0 Å². The number of carbonyl (C=O) groups is 1. The lowest BCUT2D eigenvalue weighted by atomic mass is 10.0. The highest BCUT2D eigenvalue weighted by molar-refractivity contribution is 5.85. The van der Waals surface area contributed by atoms with Gasteiger partial charge in [0.15, 0.2) is 0 Å². The maximum absolute atomic E-state index is 13.8. The Kier molecular flexibility index (Phi) is 4.99. The summed E-state index contributed by atoms with van der Waals surface area (Å²) in [6, 6.07) is 8.95. The van der Waals surface area contributed by atoms with E-state index in [1.165, 1.54) is 28.7 Å². The van der Waals surface area contributed by atoms with Crippen LogP contribution in [0, 0.1) is 10.1 Å². The molecule has 1 saturated carbocycles. The zero-order valence-corrected chi connectivity index (χ0v) is 17.9. The molecule has 0 radical (unpaired) electrons. The normalized spacial score (nSPS) is 18.0. The van der Waals surface area contributed by atoms with Gasteiger partial charge in [0.1, 0.15) is 11.6 Å². The van der Waals surface area contributed by atoms with Crippen molar-refractivity contribution in [2.45, 2.75) is 37.6 Å². The number of non-ortho nitro benzene ring substituents is 1. The fraction of sp³-hybridized carbons (Fsp3) is 0.348. The molecule has 1 aliphatic carbocycles. The molecule has 2 aromatic carbocycles. The second-order valence-corrected chi connectivity index (χ2v) is 8.41. The zero-order valence-electron chi connectivity index (χ0n) is 17.9. The average molecular weight is 450 g/mol. The molecule has 33 heavy (non-hydrogen) atoms. The van der Waals surface area contributed by atoms with Crippen LogP contribution in [0.5, 0.6) is 5.75 Å². The van der Waals surface area contributed by atoms with Crippen LogP contribution in [0.4, 0.5) is 10.5 Å². The summed E-state index contributed by atoms with van der Waals surface area (Å²) >= 11 is 0. The second-order valence-electron chi connectivity index (χ2n) is 8.41. The van der Waals surface area contributed by atoms with Crippen LogP contribution in [-0.4, -0.2) is 44.2 Å². The van der Waals surface area contributed by atoms with Crippen molar-refractivity contribution in [3.8, 4) is 11.4 Å². The van der Waals surface area contributed by atoms with E-state index in [0.29, 0.717) is 47.7 Å². The van der Waals surface area contributed by atoms with Crippen molar-refractivity contribution in [2.24, 2.45) is 0 Å². The van der Waals surface area contributed by atoms with Crippen LogP contribution in [0.2, 0.25) is 0 Å². The molecule has 3 aromatic rings. The lowest BCUT2D eigenvalue weighted by molar-refractivity contribution is -0.384. The summed E-state index contributed by atoms with van der Waals surface area (Å²) in [5, 5.41) is 21.4. The highest BCUT2D eigenvalue weighted by atomic mass is 16.6. The molecule has 1 saturated heterocycles. The zero-order chi connectivity index (χ0) is 23.3. The van der Waals surface area contributed by atoms with Crippen LogP contribution in [0.1, 0.15) is 49.0 Å². The average Bonchev–Trinajstić information content (AvgIpc) is 3.53. The number of carboxylic acid groups (broad SMARTS) is 1. The van der Waals surface area contributed by atoms with Crippen LogP contribution in [0.25, 0.3) is 16.6 Å². The van der Waals surface area contributed by atoms with Gasteiger partial charge in [0, 0.05) is 18.7 Å². The third-order valence-electron chi connectivity index (χ3n) is 6.37. The number of fused-ring (bicyclic) bond motifs is 1. The smallest absolute Gasteiger partial charge is 0.407 e. The molecule has 0 bridgehead atoms. The second kappa shape index (κ2) is 7.88. The topological polar surface area (TPSA) is 128 Å². The number of amides is 1. The third kappa shape index (κ3) is 3.57. The van der Waals surface area contributed by atoms with Crippen molar-refractivity contribution in [3.05, 3.63) is 68.3 Å². The minimum atomic E-state index is -1.07. The molecular formula is C23H22N4O6. The molecular weight excluding hydrogens is 428 g/mol. The summed E-state index contributed by atoms with van der Waals surface area (Å²) < 4.78 is 6.59. The highest BCUT2D eigenvalue weighted by Gasteiger charge is 2.36. The van der Waals surface area contributed by atoms with Gasteiger partial charge in [0.2, 0.25) is 0 Å². The Morgan fingerprint density at radius 3 is 2.55 bits per heavy atom. The minimum absolute atomic E-state index is 0.114. The number of likely N-dealkylation sites (tertiary alicyclic amines) is 1. The van der Waals surface area contributed by atoms with Gasteiger partial charge in [-0.05, 0) is 61.4 Å². The Balaban J connectivity index is 1.83. The number of ether oxygens (including phenoxy) is 1. The number of nitro benzene ring substituents is 1. The third-order valence-corrected chi connectivity index (χ3v) is 6.37. The number of hydrogen-bond donors (Lipinski definition) is 1. The van der Waals surface area contributed by atoms with Crippen LogP contribution >= 0.6 is 0 Å². The maximum atomic E-state index is 13.8. The van der Waals surface area contributed by atoms with Gasteiger partial charge in [-0.3, -0.25) is 24.4 Å². The van der Waals surface area contributed by atoms with Gasteiger partial charge < -0.3 is 9.84 Å². The van der Waals surface area contributed by atoms with E-state index in [1.54, 1.807) is 24.3 Å². The molecule has 10 heteroatoms. The quantitative estimate of drug-likeness (QED) is 0.460. The van der Waals surface area contributed by atoms with Crippen LogP contribution < -0.4 is 10.3 Å². The van der Waals surface area contributed by atoms with Crippen molar-refractivity contribution in [1.29, 1.82) is 0 Å². The Morgan fingerprint density at radius 2 is 1.94 bits per heavy atom. The molecule has 2 fully saturated rings. The van der Waals surface area contributed by atoms with Gasteiger partial charge >= 0.3 is 6.09 Å².